The quantitative estimate of drug-likeness (QED) is 0.690. The Morgan fingerprint density at radius 3 is 3.29 bits per heavy atom. The molecule has 76 valence electrons. The monoisotopic (exact) mass is 197 g/mol. The molecule has 1 aromatic rings. The van der Waals surface area contributed by atoms with E-state index < -0.39 is 5.95 Å². The van der Waals surface area contributed by atoms with Gasteiger partial charge in [-0.15, -0.1) is 0 Å². The van der Waals surface area contributed by atoms with Gasteiger partial charge in [-0.05, 0) is 12.5 Å². The normalized spacial score (nSPS) is 21.1. The van der Waals surface area contributed by atoms with Gasteiger partial charge in [0.1, 0.15) is 5.75 Å². The summed E-state index contributed by atoms with van der Waals surface area (Å²) < 4.78 is 23.3. The van der Waals surface area contributed by atoms with Crippen molar-refractivity contribution in [2.75, 3.05) is 19.8 Å². The highest BCUT2D eigenvalue weighted by atomic mass is 19.1. The van der Waals surface area contributed by atoms with Crippen LogP contribution in [0.15, 0.2) is 18.3 Å². The molecule has 0 aliphatic carbocycles. The predicted octanol–water partition coefficient (Wildman–Crippen LogP) is 1.64. The summed E-state index contributed by atoms with van der Waals surface area (Å²) in [6.45, 7) is 2.13. The Kier molecular flexibility index (Phi) is 2.93. The van der Waals surface area contributed by atoms with Crippen molar-refractivity contribution in [3.8, 4) is 5.75 Å². The van der Waals surface area contributed by atoms with Crippen molar-refractivity contribution in [1.82, 2.24) is 4.98 Å². The molecular formula is C10H12FNO2. The van der Waals surface area contributed by atoms with Gasteiger partial charge in [-0.2, -0.15) is 4.39 Å². The third kappa shape index (κ3) is 2.42. The van der Waals surface area contributed by atoms with Crippen LogP contribution in [0.3, 0.4) is 0 Å². The lowest BCUT2D eigenvalue weighted by atomic mass is 10.1. The molecule has 14 heavy (non-hydrogen) atoms. The zero-order valence-electron chi connectivity index (χ0n) is 7.78. The maximum absolute atomic E-state index is 12.7. The molecule has 0 saturated carbocycles. The molecule has 0 radical (unpaired) electrons. The number of aromatic nitrogens is 1. The van der Waals surface area contributed by atoms with Crippen LogP contribution in [0.1, 0.15) is 6.42 Å². The lowest BCUT2D eigenvalue weighted by molar-refractivity contribution is 0.167. The highest BCUT2D eigenvalue weighted by molar-refractivity contribution is 5.17. The molecule has 2 heterocycles. The Balaban J connectivity index is 1.85. The van der Waals surface area contributed by atoms with Crippen molar-refractivity contribution in [3.63, 3.8) is 0 Å². The van der Waals surface area contributed by atoms with Gasteiger partial charge >= 0.3 is 0 Å². The second kappa shape index (κ2) is 4.37. The maximum atomic E-state index is 12.7. The van der Waals surface area contributed by atoms with Crippen LogP contribution in [0, 0.1) is 11.9 Å². The second-order valence-corrected chi connectivity index (χ2v) is 3.35. The van der Waals surface area contributed by atoms with Crippen molar-refractivity contribution in [2.24, 2.45) is 5.92 Å². The number of nitrogens with zero attached hydrogens (tertiary/aromatic N) is 1. The van der Waals surface area contributed by atoms with E-state index in [0.717, 1.165) is 19.6 Å². The van der Waals surface area contributed by atoms with Crippen LogP contribution in [0.5, 0.6) is 5.75 Å². The van der Waals surface area contributed by atoms with Gasteiger partial charge in [-0.1, -0.05) is 0 Å². The SMILES string of the molecule is Fc1cc(OCC2CCOC2)ccn1. The van der Waals surface area contributed by atoms with E-state index in [9.17, 15) is 4.39 Å². The molecule has 4 heteroatoms. The van der Waals surface area contributed by atoms with Crippen molar-refractivity contribution in [1.29, 1.82) is 0 Å². The first kappa shape index (κ1) is 9.40. The van der Waals surface area contributed by atoms with Gasteiger partial charge in [0.25, 0.3) is 0 Å². The Morgan fingerprint density at radius 1 is 1.64 bits per heavy atom. The van der Waals surface area contributed by atoms with Crippen molar-refractivity contribution < 1.29 is 13.9 Å². The molecule has 0 amide bonds. The second-order valence-electron chi connectivity index (χ2n) is 3.35. The van der Waals surface area contributed by atoms with Crippen LogP contribution >= 0.6 is 0 Å². The minimum absolute atomic E-state index is 0.436. The minimum atomic E-state index is -0.509. The number of pyridine rings is 1. The fraction of sp³-hybridized carbons (Fsp3) is 0.500. The molecule has 0 aromatic carbocycles. The molecule has 1 saturated heterocycles. The number of ether oxygens (including phenoxy) is 2. The Morgan fingerprint density at radius 2 is 2.57 bits per heavy atom. The summed E-state index contributed by atoms with van der Waals surface area (Å²) in [5.41, 5.74) is 0. The van der Waals surface area contributed by atoms with Crippen molar-refractivity contribution in [2.45, 2.75) is 6.42 Å². The molecule has 1 unspecified atom stereocenters. The summed E-state index contributed by atoms with van der Waals surface area (Å²) in [6.07, 6.45) is 2.42. The third-order valence-corrected chi connectivity index (χ3v) is 2.21. The smallest absolute Gasteiger partial charge is 0.216 e. The average Bonchev–Trinajstić information content (AvgIpc) is 2.67. The van der Waals surface area contributed by atoms with E-state index in [1.807, 2.05) is 0 Å². The molecule has 1 aliphatic heterocycles. The number of hydrogen-bond donors (Lipinski definition) is 0. The molecule has 0 spiro atoms. The summed E-state index contributed by atoms with van der Waals surface area (Å²) in [6, 6.07) is 2.94. The van der Waals surface area contributed by atoms with E-state index in [4.69, 9.17) is 9.47 Å². The highest BCUT2D eigenvalue weighted by Gasteiger charge is 2.16. The summed E-state index contributed by atoms with van der Waals surface area (Å²) in [5, 5.41) is 0. The van der Waals surface area contributed by atoms with E-state index in [2.05, 4.69) is 4.98 Å². The standard InChI is InChI=1S/C10H12FNO2/c11-10-5-9(1-3-12-10)14-7-8-2-4-13-6-8/h1,3,5,8H,2,4,6-7H2. The topological polar surface area (TPSA) is 31.4 Å². The largest absolute Gasteiger partial charge is 0.493 e. The van der Waals surface area contributed by atoms with E-state index in [1.165, 1.54) is 12.3 Å². The van der Waals surface area contributed by atoms with Crippen LogP contribution in [-0.4, -0.2) is 24.8 Å². The maximum Gasteiger partial charge on any atom is 0.216 e. The van der Waals surface area contributed by atoms with Crippen LogP contribution in [-0.2, 0) is 4.74 Å². The van der Waals surface area contributed by atoms with Gasteiger partial charge in [0.2, 0.25) is 5.95 Å². The Bertz CT molecular complexity index is 300. The summed E-state index contributed by atoms with van der Waals surface area (Å²) in [4.78, 5) is 3.45. The fourth-order valence-electron chi connectivity index (χ4n) is 1.40. The number of hydrogen-bond acceptors (Lipinski definition) is 3. The molecule has 3 nitrogen and oxygen atoms in total. The molecule has 1 atom stereocenters. The number of halogens is 1. The third-order valence-electron chi connectivity index (χ3n) is 2.21. The molecule has 1 fully saturated rings. The predicted molar refractivity (Wildman–Crippen MR) is 48.6 cm³/mol. The van der Waals surface area contributed by atoms with Gasteiger partial charge in [-0.3, -0.25) is 0 Å². The zero-order valence-corrected chi connectivity index (χ0v) is 7.78. The van der Waals surface area contributed by atoms with Gasteiger partial charge in [0.05, 0.1) is 13.2 Å². The van der Waals surface area contributed by atoms with E-state index in [-0.39, 0.29) is 0 Å². The van der Waals surface area contributed by atoms with Gasteiger partial charge < -0.3 is 9.47 Å². The first-order valence-electron chi connectivity index (χ1n) is 4.67. The van der Waals surface area contributed by atoms with Gasteiger partial charge in [0.15, 0.2) is 0 Å². The first-order valence-corrected chi connectivity index (χ1v) is 4.67. The van der Waals surface area contributed by atoms with Gasteiger partial charge in [-0.25, -0.2) is 4.98 Å². The lowest BCUT2D eigenvalue weighted by Crippen LogP contribution is -2.11. The van der Waals surface area contributed by atoms with Gasteiger partial charge in [0, 0.05) is 24.8 Å². The summed E-state index contributed by atoms with van der Waals surface area (Å²) in [5.74, 6) is 0.459. The molecule has 1 aliphatic rings. The molecule has 1 aromatic heterocycles. The average molecular weight is 197 g/mol. The summed E-state index contributed by atoms with van der Waals surface area (Å²) >= 11 is 0. The van der Waals surface area contributed by atoms with Crippen molar-refractivity contribution >= 4 is 0 Å². The van der Waals surface area contributed by atoms with Crippen LogP contribution in [0.2, 0.25) is 0 Å². The lowest BCUT2D eigenvalue weighted by Gasteiger charge is -2.09. The highest BCUT2D eigenvalue weighted by Crippen LogP contribution is 2.16. The zero-order chi connectivity index (χ0) is 9.80. The van der Waals surface area contributed by atoms with Crippen LogP contribution in [0.4, 0.5) is 4.39 Å². The summed E-state index contributed by atoms with van der Waals surface area (Å²) in [7, 11) is 0. The minimum Gasteiger partial charge on any atom is -0.493 e. The molecule has 2 rings (SSSR count). The van der Waals surface area contributed by atoms with E-state index in [0.29, 0.717) is 18.3 Å². The van der Waals surface area contributed by atoms with Crippen LogP contribution in [0.25, 0.3) is 0 Å². The molecule has 0 N–H and O–H groups in total. The fourth-order valence-corrected chi connectivity index (χ4v) is 1.40. The molecular weight excluding hydrogens is 185 g/mol. The van der Waals surface area contributed by atoms with Crippen molar-refractivity contribution in [3.05, 3.63) is 24.3 Å². The van der Waals surface area contributed by atoms with E-state index >= 15 is 0 Å². The number of rotatable bonds is 3. The van der Waals surface area contributed by atoms with E-state index in [1.54, 1.807) is 6.07 Å². The molecule has 0 bridgehead atoms. The van der Waals surface area contributed by atoms with Crippen LogP contribution < -0.4 is 4.74 Å². The Hall–Kier alpha value is -1.16. The first-order chi connectivity index (χ1) is 6.84. The Labute approximate surface area is 81.9 Å².